The van der Waals surface area contributed by atoms with E-state index in [0.29, 0.717) is 13.1 Å². The standard InChI is InChI=1S/C17H24F2N2O3S/c1-11(2)8-21(9-12(3)4)14(22)10-24-16(23)13-6-5-7-20-15(13)25-17(18)19/h5-7,11-12,17H,8-10H2,1-4H3. The van der Waals surface area contributed by atoms with Gasteiger partial charge in [0, 0.05) is 19.3 Å². The molecule has 0 unspecified atom stereocenters. The van der Waals surface area contributed by atoms with E-state index < -0.39 is 18.3 Å². The average molecular weight is 374 g/mol. The third-order valence-electron chi connectivity index (χ3n) is 3.04. The van der Waals surface area contributed by atoms with Gasteiger partial charge in [0.1, 0.15) is 5.03 Å². The summed E-state index contributed by atoms with van der Waals surface area (Å²) in [6.45, 7) is 8.69. The largest absolute Gasteiger partial charge is 0.452 e. The second-order valence-corrected chi connectivity index (χ2v) is 7.38. The first-order valence-electron chi connectivity index (χ1n) is 8.05. The van der Waals surface area contributed by atoms with Crippen LogP contribution in [0.15, 0.2) is 23.4 Å². The highest BCUT2D eigenvalue weighted by Gasteiger charge is 2.21. The number of carbonyl (C=O) groups excluding carboxylic acids is 2. The summed E-state index contributed by atoms with van der Waals surface area (Å²) in [5, 5.41) is -0.115. The van der Waals surface area contributed by atoms with Crippen molar-refractivity contribution >= 4 is 23.6 Å². The first-order valence-corrected chi connectivity index (χ1v) is 8.93. The van der Waals surface area contributed by atoms with Crippen LogP contribution >= 0.6 is 11.8 Å². The minimum absolute atomic E-state index is 0.0696. The van der Waals surface area contributed by atoms with Crippen molar-refractivity contribution in [3.63, 3.8) is 0 Å². The average Bonchev–Trinajstić information content (AvgIpc) is 2.50. The van der Waals surface area contributed by atoms with Gasteiger partial charge in [-0.05, 0) is 35.7 Å². The lowest BCUT2D eigenvalue weighted by Crippen LogP contribution is -2.39. The summed E-state index contributed by atoms with van der Waals surface area (Å²) in [6, 6.07) is 2.81. The molecule has 0 aliphatic carbocycles. The van der Waals surface area contributed by atoms with Gasteiger partial charge in [-0.15, -0.1) is 0 Å². The fraction of sp³-hybridized carbons (Fsp3) is 0.588. The maximum absolute atomic E-state index is 12.5. The molecule has 5 nitrogen and oxygen atoms in total. The molecule has 8 heteroatoms. The second kappa shape index (κ2) is 10.3. The Bertz CT molecular complexity index is 573. The van der Waals surface area contributed by atoms with Gasteiger partial charge in [-0.1, -0.05) is 27.7 Å². The fourth-order valence-corrected chi connectivity index (χ4v) is 2.75. The van der Waals surface area contributed by atoms with Crippen LogP contribution in [-0.2, 0) is 9.53 Å². The molecule has 0 aromatic carbocycles. The second-order valence-electron chi connectivity index (χ2n) is 6.40. The van der Waals surface area contributed by atoms with Gasteiger partial charge in [0.05, 0.1) is 5.56 Å². The summed E-state index contributed by atoms with van der Waals surface area (Å²) < 4.78 is 30.1. The van der Waals surface area contributed by atoms with Crippen LogP contribution in [0.2, 0.25) is 0 Å². The minimum Gasteiger partial charge on any atom is -0.452 e. The van der Waals surface area contributed by atoms with Crippen molar-refractivity contribution < 1.29 is 23.1 Å². The van der Waals surface area contributed by atoms with Crippen LogP contribution in [0, 0.1) is 11.8 Å². The Balaban J connectivity index is 2.72. The third kappa shape index (κ3) is 7.81. The van der Waals surface area contributed by atoms with E-state index in [4.69, 9.17) is 4.74 Å². The molecule has 0 saturated heterocycles. The van der Waals surface area contributed by atoms with Crippen LogP contribution in [-0.4, -0.2) is 47.2 Å². The highest BCUT2D eigenvalue weighted by molar-refractivity contribution is 7.99. The zero-order valence-electron chi connectivity index (χ0n) is 14.9. The normalized spacial score (nSPS) is 11.2. The molecule has 0 saturated carbocycles. The van der Waals surface area contributed by atoms with Crippen LogP contribution in [0.25, 0.3) is 0 Å². The van der Waals surface area contributed by atoms with E-state index >= 15 is 0 Å². The van der Waals surface area contributed by atoms with Crippen LogP contribution in [0.1, 0.15) is 38.1 Å². The molecule has 0 spiro atoms. The molecule has 0 radical (unpaired) electrons. The summed E-state index contributed by atoms with van der Waals surface area (Å²) in [4.78, 5) is 29.9. The third-order valence-corrected chi connectivity index (χ3v) is 3.77. The number of thioether (sulfide) groups is 1. The Hall–Kier alpha value is -1.70. The van der Waals surface area contributed by atoms with Crippen LogP contribution < -0.4 is 0 Å². The smallest absolute Gasteiger partial charge is 0.341 e. The molecule has 0 aliphatic rings. The molecular weight excluding hydrogens is 350 g/mol. The predicted molar refractivity (Wildman–Crippen MR) is 92.6 cm³/mol. The molecule has 140 valence electrons. The lowest BCUT2D eigenvalue weighted by molar-refractivity contribution is -0.135. The zero-order valence-corrected chi connectivity index (χ0v) is 15.7. The van der Waals surface area contributed by atoms with E-state index in [2.05, 4.69) is 4.98 Å². The zero-order chi connectivity index (χ0) is 19.0. The molecule has 1 amide bonds. The molecule has 0 atom stereocenters. The van der Waals surface area contributed by atoms with Crippen molar-refractivity contribution in [3.05, 3.63) is 23.9 Å². The quantitative estimate of drug-likeness (QED) is 0.487. The number of carbonyl (C=O) groups is 2. The van der Waals surface area contributed by atoms with Crippen molar-refractivity contribution in [3.8, 4) is 0 Å². The molecule has 1 heterocycles. The number of hydrogen-bond donors (Lipinski definition) is 0. The summed E-state index contributed by atoms with van der Waals surface area (Å²) in [6.07, 6.45) is 1.32. The lowest BCUT2D eigenvalue weighted by Gasteiger charge is -2.26. The number of pyridine rings is 1. The van der Waals surface area contributed by atoms with Crippen LogP contribution in [0.3, 0.4) is 0 Å². The summed E-state index contributed by atoms with van der Waals surface area (Å²) >= 11 is 0.170. The van der Waals surface area contributed by atoms with Gasteiger partial charge in [0.25, 0.3) is 11.7 Å². The van der Waals surface area contributed by atoms with Gasteiger partial charge in [-0.3, -0.25) is 4.79 Å². The predicted octanol–water partition coefficient (Wildman–Crippen LogP) is 3.69. The molecule has 1 rings (SSSR count). The van der Waals surface area contributed by atoms with Crippen molar-refractivity contribution in [2.75, 3.05) is 19.7 Å². The molecule has 0 fully saturated rings. The van der Waals surface area contributed by atoms with Crippen LogP contribution in [0.4, 0.5) is 8.78 Å². The molecule has 1 aromatic heterocycles. The molecule has 1 aromatic rings. The first-order chi connectivity index (χ1) is 11.7. The maximum Gasteiger partial charge on any atom is 0.341 e. The van der Waals surface area contributed by atoms with Gasteiger partial charge in [-0.2, -0.15) is 8.78 Å². The van der Waals surface area contributed by atoms with Gasteiger partial charge < -0.3 is 9.64 Å². The maximum atomic E-state index is 12.5. The van der Waals surface area contributed by atoms with Crippen LogP contribution in [0.5, 0.6) is 0 Å². The Morgan fingerprint density at radius 1 is 1.20 bits per heavy atom. The Morgan fingerprint density at radius 2 is 1.80 bits per heavy atom. The SMILES string of the molecule is CC(C)CN(CC(C)C)C(=O)COC(=O)c1cccnc1SC(F)F. The van der Waals surface area contributed by atoms with E-state index in [9.17, 15) is 18.4 Å². The molecule has 25 heavy (non-hydrogen) atoms. The fourth-order valence-electron chi connectivity index (χ4n) is 2.18. The highest BCUT2D eigenvalue weighted by atomic mass is 32.2. The number of nitrogens with zero attached hydrogens (tertiary/aromatic N) is 2. The van der Waals surface area contributed by atoms with E-state index in [1.165, 1.54) is 18.3 Å². The van der Waals surface area contributed by atoms with Crippen molar-refractivity contribution in [2.45, 2.75) is 38.5 Å². The topological polar surface area (TPSA) is 59.5 Å². The molecule has 0 aliphatic heterocycles. The number of alkyl halides is 2. The number of aromatic nitrogens is 1. The highest BCUT2D eigenvalue weighted by Crippen LogP contribution is 2.26. The molecule has 0 bridgehead atoms. The number of esters is 1. The number of halogens is 2. The van der Waals surface area contributed by atoms with Gasteiger partial charge in [0.2, 0.25) is 0 Å². The van der Waals surface area contributed by atoms with E-state index in [1.54, 1.807) is 4.90 Å². The number of amides is 1. The van der Waals surface area contributed by atoms with Crippen molar-refractivity contribution in [1.82, 2.24) is 9.88 Å². The Labute approximate surface area is 151 Å². The number of hydrogen-bond acceptors (Lipinski definition) is 5. The van der Waals surface area contributed by atoms with E-state index in [1.807, 2.05) is 27.7 Å². The summed E-state index contributed by atoms with van der Waals surface area (Å²) in [5.74, 6) is -3.27. The monoisotopic (exact) mass is 374 g/mol. The van der Waals surface area contributed by atoms with Gasteiger partial charge in [0.15, 0.2) is 6.61 Å². The molecule has 0 N–H and O–H groups in total. The summed E-state index contributed by atoms with van der Waals surface area (Å²) in [5.41, 5.74) is -0.0696. The lowest BCUT2D eigenvalue weighted by atomic mass is 10.1. The van der Waals surface area contributed by atoms with Gasteiger partial charge in [-0.25, -0.2) is 9.78 Å². The van der Waals surface area contributed by atoms with E-state index in [-0.39, 0.29) is 40.1 Å². The molecular formula is C17H24F2N2O3S. The number of ether oxygens (including phenoxy) is 1. The minimum atomic E-state index is -2.70. The summed E-state index contributed by atoms with van der Waals surface area (Å²) in [7, 11) is 0. The van der Waals surface area contributed by atoms with Gasteiger partial charge >= 0.3 is 5.97 Å². The van der Waals surface area contributed by atoms with Crippen molar-refractivity contribution in [2.24, 2.45) is 11.8 Å². The Morgan fingerprint density at radius 3 is 2.32 bits per heavy atom. The number of rotatable bonds is 9. The van der Waals surface area contributed by atoms with Crippen molar-refractivity contribution in [1.29, 1.82) is 0 Å². The first kappa shape index (κ1) is 21.3. The van der Waals surface area contributed by atoms with E-state index in [0.717, 1.165) is 0 Å². The Kier molecular flexibility index (Phi) is 8.82.